The van der Waals surface area contributed by atoms with Gasteiger partial charge in [0.05, 0.1) is 22.1 Å². The molecule has 6 heteroatoms. The summed E-state index contributed by atoms with van der Waals surface area (Å²) in [5.41, 5.74) is 2.11. The molecule has 0 bridgehead atoms. The number of imide groups is 1. The van der Waals surface area contributed by atoms with Gasteiger partial charge in [-0.1, -0.05) is 18.9 Å². The smallest absolute Gasteiger partial charge is 0.261 e. The average molecular weight is 392 g/mol. The number of hydrogen-bond donors (Lipinski definition) is 0. The van der Waals surface area contributed by atoms with Gasteiger partial charge in [-0.2, -0.15) is 0 Å². The lowest BCUT2D eigenvalue weighted by atomic mass is 9.80. The second-order valence-electron chi connectivity index (χ2n) is 8.35. The number of nitrogens with zero attached hydrogens (tertiary/aromatic N) is 1. The van der Waals surface area contributed by atoms with Crippen LogP contribution in [0.5, 0.6) is 0 Å². The van der Waals surface area contributed by atoms with Gasteiger partial charge in [0.15, 0.2) is 9.84 Å². The summed E-state index contributed by atoms with van der Waals surface area (Å²) in [6, 6.07) is 5.58. The topological polar surface area (TPSA) is 71.5 Å². The first-order chi connectivity index (χ1) is 12.7. The molecule has 2 amide bonds. The second kappa shape index (κ2) is 7.74. The molecule has 1 saturated carbocycles. The minimum Gasteiger partial charge on any atom is -0.277 e. The molecule has 0 N–H and O–H groups in total. The Morgan fingerprint density at radius 1 is 1.00 bits per heavy atom. The van der Waals surface area contributed by atoms with E-state index in [4.69, 9.17) is 0 Å². The summed E-state index contributed by atoms with van der Waals surface area (Å²) >= 11 is 0. The SMILES string of the molecule is CC(C)S(=O)(=O)CC1CCC(CCc2ccc3c(c2)C(=O)N(C)C3=O)CC1. The molecule has 5 nitrogen and oxygen atoms in total. The summed E-state index contributed by atoms with van der Waals surface area (Å²) in [6.45, 7) is 3.52. The lowest BCUT2D eigenvalue weighted by Gasteiger charge is -2.28. The third kappa shape index (κ3) is 4.26. The van der Waals surface area contributed by atoms with Crippen molar-refractivity contribution < 1.29 is 18.0 Å². The number of sulfone groups is 1. The lowest BCUT2D eigenvalue weighted by molar-refractivity contribution is 0.0693. The molecule has 148 valence electrons. The highest BCUT2D eigenvalue weighted by molar-refractivity contribution is 7.91. The van der Waals surface area contributed by atoms with Crippen molar-refractivity contribution in [3.05, 3.63) is 34.9 Å². The molecule has 1 aliphatic heterocycles. The van der Waals surface area contributed by atoms with E-state index >= 15 is 0 Å². The van der Waals surface area contributed by atoms with Crippen molar-refractivity contribution in [3.63, 3.8) is 0 Å². The summed E-state index contributed by atoms with van der Waals surface area (Å²) in [7, 11) is -1.44. The van der Waals surface area contributed by atoms with Crippen molar-refractivity contribution in [1.29, 1.82) is 0 Å². The first-order valence-corrected chi connectivity index (χ1v) is 11.6. The van der Waals surface area contributed by atoms with Gasteiger partial charge in [-0.05, 0) is 69.1 Å². The van der Waals surface area contributed by atoms with E-state index in [9.17, 15) is 18.0 Å². The molecule has 1 fully saturated rings. The van der Waals surface area contributed by atoms with Crippen LogP contribution in [0.3, 0.4) is 0 Å². The molecule has 2 aliphatic rings. The first-order valence-electron chi connectivity index (χ1n) is 9.86. The summed E-state index contributed by atoms with van der Waals surface area (Å²) in [5, 5.41) is -0.288. The highest BCUT2D eigenvalue weighted by Gasteiger charge is 2.32. The van der Waals surface area contributed by atoms with Crippen molar-refractivity contribution in [2.24, 2.45) is 11.8 Å². The van der Waals surface area contributed by atoms with Gasteiger partial charge in [0.25, 0.3) is 11.8 Å². The van der Waals surface area contributed by atoms with Crippen LogP contribution in [-0.4, -0.2) is 43.2 Å². The monoisotopic (exact) mass is 391 g/mol. The zero-order chi connectivity index (χ0) is 19.8. The lowest BCUT2D eigenvalue weighted by Crippen LogP contribution is -2.26. The Kier molecular flexibility index (Phi) is 5.75. The maximum Gasteiger partial charge on any atom is 0.261 e. The highest BCUT2D eigenvalue weighted by atomic mass is 32.2. The quantitative estimate of drug-likeness (QED) is 0.696. The van der Waals surface area contributed by atoms with E-state index in [-0.39, 0.29) is 17.1 Å². The molecule has 0 unspecified atom stereocenters. The average Bonchev–Trinajstić information content (AvgIpc) is 2.85. The van der Waals surface area contributed by atoms with Crippen LogP contribution in [0.1, 0.15) is 72.2 Å². The summed E-state index contributed by atoms with van der Waals surface area (Å²) in [4.78, 5) is 25.2. The minimum absolute atomic E-state index is 0.219. The first kappa shape index (κ1) is 20.1. The fourth-order valence-electron chi connectivity index (χ4n) is 4.14. The van der Waals surface area contributed by atoms with E-state index in [1.165, 1.54) is 11.9 Å². The van der Waals surface area contributed by atoms with E-state index < -0.39 is 9.84 Å². The molecule has 1 heterocycles. The molecule has 1 aromatic carbocycles. The van der Waals surface area contributed by atoms with Crippen LogP contribution < -0.4 is 0 Å². The Morgan fingerprint density at radius 3 is 2.22 bits per heavy atom. The summed E-state index contributed by atoms with van der Waals surface area (Å²) < 4.78 is 24.2. The van der Waals surface area contributed by atoms with E-state index in [2.05, 4.69) is 0 Å². The third-order valence-electron chi connectivity index (χ3n) is 6.15. The van der Waals surface area contributed by atoms with Crippen molar-refractivity contribution in [2.45, 2.75) is 57.6 Å². The summed E-state index contributed by atoms with van der Waals surface area (Å²) in [6.07, 6.45) is 6.04. The molecule has 0 saturated heterocycles. The van der Waals surface area contributed by atoms with Crippen LogP contribution in [-0.2, 0) is 16.3 Å². The van der Waals surface area contributed by atoms with Gasteiger partial charge in [0.1, 0.15) is 0 Å². The Bertz CT molecular complexity index is 836. The molecule has 0 atom stereocenters. The van der Waals surface area contributed by atoms with Gasteiger partial charge >= 0.3 is 0 Å². The molecule has 0 radical (unpaired) electrons. The molecule has 3 rings (SSSR count). The fraction of sp³-hybridized carbons (Fsp3) is 0.619. The van der Waals surface area contributed by atoms with Crippen molar-refractivity contribution in [1.82, 2.24) is 4.90 Å². The molecule has 0 spiro atoms. The zero-order valence-corrected chi connectivity index (χ0v) is 17.2. The van der Waals surface area contributed by atoms with Crippen LogP contribution >= 0.6 is 0 Å². The van der Waals surface area contributed by atoms with E-state index in [0.29, 0.717) is 28.7 Å². The van der Waals surface area contributed by atoms with Crippen LogP contribution in [0.4, 0.5) is 0 Å². The van der Waals surface area contributed by atoms with Gasteiger partial charge in [0.2, 0.25) is 0 Å². The van der Waals surface area contributed by atoms with Crippen molar-refractivity contribution in [2.75, 3.05) is 12.8 Å². The van der Waals surface area contributed by atoms with Gasteiger partial charge in [0, 0.05) is 7.05 Å². The number of amides is 2. The molecule has 1 aliphatic carbocycles. The third-order valence-corrected chi connectivity index (χ3v) is 8.52. The summed E-state index contributed by atoms with van der Waals surface area (Å²) in [5.74, 6) is 0.787. The fourth-order valence-corrected chi connectivity index (χ4v) is 5.52. The Hall–Kier alpha value is -1.69. The van der Waals surface area contributed by atoms with Crippen LogP contribution in [0.2, 0.25) is 0 Å². The number of carbonyl (C=O) groups excluding carboxylic acids is 2. The van der Waals surface area contributed by atoms with Crippen LogP contribution in [0.25, 0.3) is 0 Å². The molecular formula is C21H29NO4S. The van der Waals surface area contributed by atoms with Gasteiger partial charge < -0.3 is 0 Å². The Labute approximate surface area is 162 Å². The van der Waals surface area contributed by atoms with Crippen LogP contribution in [0.15, 0.2) is 18.2 Å². The highest BCUT2D eigenvalue weighted by Crippen LogP contribution is 2.33. The number of aryl methyl sites for hydroxylation is 1. The van der Waals surface area contributed by atoms with E-state index in [1.807, 2.05) is 12.1 Å². The van der Waals surface area contributed by atoms with Crippen LogP contribution in [0, 0.1) is 11.8 Å². The van der Waals surface area contributed by atoms with Crippen molar-refractivity contribution >= 4 is 21.7 Å². The number of carbonyl (C=O) groups is 2. The maximum atomic E-state index is 12.1. The van der Waals surface area contributed by atoms with E-state index in [0.717, 1.165) is 44.1 Å². The normalized spacial score (nSPS) is 23.2. The van der Waals surface area contributed by atoms with Crippen molar-refractivity contribution in [3.8, 4) is 0 Å². The Balaban J connectivity index is 1.52. The number of benzene rings is 1. The maximum absolute atomic E-state index is 12.1. The predicted octanol–water partition coefficient (Wildman–Crippen LogP) is 3.47. The van der Waals surface area contributed by atoms with Gasteiger partial charge in [-0.3, -0.25) is 14.5 Å². The molecule has 27 heavy (non-hydrogen) atoms. The predicted molar refractivity (Wildman–Crippen MR) is 106 cm³/mol. The zero-order valence-electron chi connectivity index (χ0n) is 16.4. The second-order valence-corrected chi connectivity index (χ2v) is 11.0. The number of hydrogen-bond acceptors (Lipinski definition) is 4. The number of fused-ring (bicyclic) bond motifs is 1. The number of rotatable bonds is 6. The molecule has 1 aromatic rings. The Morgan fingerprint density at radius 2 is 1.59 bits per heavy atom. The standard InChI is InChI=1S/C21H29NO4S/c1-14(2)27(25,26)13-17-8-5-15(6-9-17)4-7-16-10-11-18-19(12-16)21(24)22(3)20(18)23/h10-12,14-15,17H,4-9,13H2,1-3H3. The molecule has 0 aromatic heterocycles. The minimum atomic E-state index is -2.95. The molecular weight excluding hydrogens is 362 g/mol. The largest absolute Gasteiger partial charge is 0.277 e. The van der Waals surface area contributed by atoms with Gasteiger partial charge in [-0.15, -0.1) is 0 Å². The van der Waals surface area contributed by atoms with E-state index in [1.54, 1.807) is 19.9 Å². The van der Waals surface area contributed by atoms with Gasteiger partial charge in [-0.25, -0.2) is 8.42 Å².